The molecule has 20 heavy (non-hydrogen) atoms. The number of thiazole rings is 1. The van der Waals surface area contributed by atoms with Crippen molar-refractivity contribution in [2.24, 2.45) is 0 Å². The van der Waals surface area contributed by atoms with E-state index in [4.69, 9.17) is 0 Å². The first-order chi connectivity index (χ1) is 9.59. The predicted molar refractivity (Wildman–Crippen MR) is 75.7 cm³/mol. The smallest absolute Gasteiger partial charge is 0.273 e. The van der Waals surface area contributed by atoms with E-state index in [-0.39, 0.29) is 11.9 Å². The summed E-state index contributed by atoms with van der Waals surface area (Å²) < 4.78 is 2.14. The first-order valence-corrected chi connectivity index (χ1v) is 7.66. The fraction of sp³-hybridized carbons (Fsp3) is 0.538. The van der Waals surface area contributed by atoms with E-state index in [1.165, 1.54) is 11.3 Å². The summed E-state index contributed by atoms with van der Waals surface area (Å²) in [6.07, 6.45) is 0. The minimum absolute atomic E-state index is 0.0286. The van der Waals surface area contributed by atoms with Crippen molar-refractivity contribution in [3.63, 3.8) is 0 Å². The SMILES string of the molecule is CC(C)c1nnc2n1CCN(C(=O)c1cscn1)C2C. The molecule has 0 radical (unpaired) electrons. The van der Waals surface area contributed by atoms with Crippen LogP contribution < -0.4 is 0 Å². The molecule has 0 fully saturated rings. The van der Waals surface area contributed by atoms with Crippen molar-refractivity contribution in [1.29, 1.82) is 0 Å². The summed E-state index contributed by atoms with van der Waals surface area (Å²) in [7, 11) is 0. The van der Waals surface area contributed by atoms with E-state index in [0.717, 1.165) is 18.2 Å². The first kappa shape index (κ1) is 13.2. The van der Waals surface area contributed by atoms with Gasteiger partial charge in [-0.15, -0.1) is 21.5 Å². The van der Waals surface area contributed by atoms with Gasteiger partial charge in [-0.05, 0) is 6.92 Å². The normalized spacial score (nSPS) is 18.4. The van der Waals surface area contributed by atoms with Gasteiger partial charge in [0.15, 0.2) is 5.82 Å². The molecule has 0 aromatic carbocycles. The second-order valence-electron chi connectivity index (χ2n) is 5.27. The van der Waals surface area contributed by atoms with Gasteiger partial charge in [0.1, 0.15) is 11.5 Å². The number of carbonyl (C=O) groups excluding carboxylic acids is 1. The van der Waals surface area contributed by atoms with Crippen LogP contribution in [0.25, 0.3) is 0 Å². The van der Waals surface area contributed by atoms with Crippen molar-refractivity contribution < 1.29 is 4.79 Å². The Balaban J connectivity index is 1.90. The fourth-order valence-corrected chi connectivity index (χ4v) is 3.10. The topological polar surface area (TPSA) is 63.9 Å². The number of aromatic nitrogens is 4. The van der Waals surface area contributed by atoms with Gasteiger partial charge in [0, 0.05) is 24.4 Å². The zero-order valence-corrected chi connectivity index (χ0v) is 12.6. The van der Waals surface area contributed by atoms with Gasteiger partial charge in [-0.25, -0.2) is 4.98 Å². The molecule has 0 spiro atoms. The number of amides is 1. The molecule has 1 amide bonds. The van der Waals surface area contributed by atoms with Crippen LogP contribution in [0.2, 0.25) is 0 Å². The Morgan fingerprint density at radius 1 is 1.40 bits per heavy atom. The van der Waals surface area contributed by atoms with E-state index >= 15 is 0 Å². The molecule has 0 bridgehead atoms. The molecular weight excluding hydrogens is 274 g/mol. The molecule has 0 N–H and O–H groups in total. The van der Waals surface area contributed by atoms with E-state index in [0.29, 0.717) is 18.2 Å². The zero-order valence-electron chi connectivity index (χ0n) is 11.8. The van der Waals surface area contributed by atoms with Crippen LogP contribution in [-0.2, 0) is 6.54 Å². The van der Waals surface area contributed by atoms with E-state index in [1.807, 2.05) is 11.8 Å². The molecule has 3 rings (SSSR count). The third-order valence-corrected chi connectivity index (χ3v) is 4.23. The Bertz CT molecular complexity index is 619. The highest BCUT2D eigenvalue weighted by Gasteiger charge is 2.32. The monoisotopic (exact) mass is 291 g/mol. The average molecular weight is 291 g/mol. The molecule has 7 heteroatoms. The Hall–Kier alpha value is -1.76. The van der Waals surface area contributed by atoms with Crippen LogP contribution in [0.3, 0.4) is 0 Å². The maximum absolute atomic E-state index is 12.4. The molecular formula is C13H17N5OS. The summed E-state index contributed by atoms with van der Waals surface area (Å²) in [6, 6.07) is -0.0713. The molecule has 6 nitrogen and oxygen atoms in total. The second kappa shape index (κ2) is 4.97. The number of carbonyl (C=O) groups is 1. The van der Waals surface area contributed by atoms with Crippen molar-refractivity contribution in [3.05, 3.63) is 28.2 Å². The lowest BCUT2D eigenvalue weighted by Crippen LogP contribution is -2.41. The maximum Gasteiger partial charge on any atom is 0.273 e. The van der Waals surface area contributed by atoms with Crippen molar-refractivity contribution in [3.8, 4) is 0 Å². The largest absolute Gasteiger partial charge is 0.326 e. The highest BCUT2D eigenvalue weighted by atomic mass is 32.1. The predicted octanol–water partition coefficient (Wildman–Crippen LogP) is 2.08. The summed E-state index contributed by atoms with van der Waals surface area (Å²) in [5, 5.41) is 10.3. The summed E-state index contributed by atoms with van der Waals surface area (Å²) in [5.74, 6) is 2.17. The molecule has 1 aliphatic heterocycles. The van der Waals surface area contributed by atoms with Gasteiger partial charge in [0.2, 0.25) is 0 Å². The number of rotatable bonds is 2. The third-order valence-electron chi connectivity index (χ3n) is 3.64. The lowest BCUT2D eigenvalue weighted by molar-refractivity contribution is 0.0630. The summed E-state index contributed by atoms with van der Waals surface area (Å²) in [5.41, 5.74) is 2.19. The minimum atomic E-state index is -0.0713. The van der Waals surface area contributed by atoms with E-state index in [1.54, 1.807) is 10.9 Å². The number of fused-ring (bicyclic) bond motifs is 1. The molecule has 2 aromatic rings. The Kier molecular flexibility index (Phi) is 3.29. The van der Waals surface area contributed by atoms with E-state index < -0.39 is 0 Å². The van der Waals surface area contributed by atoms with Gasteiger partial charge < -0.3 is 9.47 Å². The molecule has 0 saturated carbocycles. The number of nitrogens with zero attached hydrogens (tertiary/aromatic N) is 5. The summed E-state index contributed by atoms with van der Waals surface area (Å²) in [6.45, 7) is 7.62. The van der Waals surface area contributed by atoms with Gasteiger partial charge in [-0.1, -0.05) is 13.8 Å². The maximum atomic E-state index is 12.4. The van der Waals surface area contributed by atoms with Crippen molar-refractivity contribution in [2.45, 2.75) is 39.3 Å². The highest BCUT2D eigenvalue weighted by molar-refractivity contribution is 7.07. The van der Waals surface area contributed by atoms with Crippen LogP contribution in [0.1, 0.15) is 54.9 Å². The first-order valence-electron chi connectivity index (χ1n) is 6.71. The van der Waals surface area contributed by atoms with Crippen LogP contribution >= 0.6 is 11.3 Å². The average Bonchev–Trinajstić information content (AvgIpc) is 3.08. The van der Waals surface area contributed by atoms with Gasteiger partial charge in [0.05, 0.1) is 11.6 Å². The van der Waals surface area contributed by atoms with Crippen molar-refractivity contribution >= 4 is 17.2 Å². The lowest BCUT2D eigenvalue weighted by atomic mass is 10.1. The Morgan fingerprint density at radius 3 is 2.85 bits per heavy atom. The van der Waals surface area contributed by atoms with Gasteiger partial charge in [0.25, 0.3) is 5.91 Å². The Morgan fingerprint density at radius 2 is 2.20 bits per heavy atom. The Labute approximate surface area is 121 Å². The molecule has 1 atom stereocenters. The number of hydrogen-bond acceptors (Lipinski definition) is 5. The molecule has 0 aliphatic carbocycles. The molecule has 2 aromatic heterocycles. The standard InChI is InChI=1S/C13H17N5OS/c1-8(2)11-15-16-12-9(3)17(4-5-18(11)12)13(19)10-6-20-7-14-10/h6-9H,4-5H2,1-3H3. The fourth-order valence-electron chi connectivity index (χ4n) is 2.58. The quantitative estimate of drug-likeness (QED) is 0.849. The van der Waals surface area contributed by atoms with Crippen LogP contribution in [0.15, 0.2) is 10.9 Å². The highest BCUT2D eigenvalue weighted by Crippen LogP contribution is 2.27. The number of hydrogen-bond donors (Lipinski definition) is 0. The van der Waals surface area contributed by atoms with Crippen LogP contribution in [-0.4, -0.2) is 37.1 Å². The summed E-state index contributed by atoms with van der Waals surface area (Å²) >= 11 is 1.43. The lowest BCUT2D eigenvalue weighted by Gasteiger charge is -2.33. The van der Waals surface area contributed by atoms with Gasteiger partial charge >= 0.3 is 0 Å². The van der Waals surface area contributed by atoms with Crippen LogP contribution in [0, 0.1) is 0 Å². The minimum Gasteiger partial charge on any atom is -0.326 e. The van der Waals surface area contributed by atoms with Crippen molar-refractivity contribution in [2.75, 3.05) is 6.54 Å². The second-order valence-corrected chi connectivity index (χ2v) is 5.99. The molecule has 106 valence electrons. The molecule has 0 saturated heterocycles. The molecule has 3 heterocycles. The summed E-state index contributed by atoms with van der Waals surface area (Å²) in [4.78, 5) is 18.4. The van der Waals surface area contributed by atoms with E-state index in [9.17, 15) is 4.79 Å². The van der Waals surface area contributed by atoms with Gasteiger partial charge in [-0.3, -0.25) is 4.79 Å². The van der Waals surface area contributed by atoms with Gasteiger partial charge in [-0.2, -0.15) is 0 Å². The van der Waals surface area contributed by atoms with Crippen molar-refractivity contribution in [1.82, 2.24) is 24.6 Å². The molecule has 1 aliphatic rings. The third kappa shape index (κ3) is 2.02. The van der Waals surface area contributed by atoms with E-state index in [2.05, 4.69) is 33.6 Å². The zero-order chi connectivity index (χ0) is 14.3. The van der Waals surface area contributed by atoms with Crippen LogP contribution in [0.4, 0.5) is 0 Å². The molecule has 1 unspecified atom stereocenters. The van der Waals surface area contributed by atoms with Crippen LogP contribution in [0.5, 0.6) is 0 Å².